The smallest absolute Gasteiger partial charge is 0.0624 e. The molecule has 11 heavy (non-hydrogen) atoms. The zero-order valence-electron chi connectivity index (χ0n) is 7.64. The van der Waals surface area contributed by atoms with E-state index < -0.39 is 0 Å². The zero-order valence-corrected chi connectivity index (χ0v) is 7.64. The summed E-state index contributed by atoms with van der Waals surface area (Å²) in [5, 5.41) is 8.14. The van der Waals surface area contributed by atoms with Crippen molar-refractivity contribution < 1.29 is 0 Å². The first-order chi connectivity index (χ1) is 5.38. The molecule has 0 radical (unpaired) electrons. The second kappa shape index (κ2) is 4.70. The standard InChI is InChI=1S/C8H19N3/c1-3-6-10(4-2)11-7-5-9-8-11/h9H,3-8H2,1-2H3. The molecule has 0 saturated carbocycles. The highest BCUT2D eigenvalue weighted by Crippen LogP contribution is 2.00. The number of hydrogen-bond donors (Lipinski definition) is 1. The topological polar surface area (TPSA) is 18.5 Å². The molecule has 1 N–H and O–H groups in total. The molecule has 1 fully saturated rings. The number of nitrogens with zero attached hydrogens (tertiary/aromatic N) is 2. The monoisotopic (exact) mass is 157 g/mol. The van der Waals surface area contributed by atoms with Crippen molar-refractivity contribution >= 4 is 0 Å². The molecule has 0 spiro atoms. The lowest BCUT2D eigenvalue weighted by Crippen LogP contribution is -2.42. The molecule has 0 aliphatic carbocycles. The summed E-state index contributed by atoms with van der Waals surface area (Å²) in [7, 11) is 0. The van der Waals surface area contributed by atoms with Gasteiger partial charge in [0.25, 0.3) is 0 Å². The molecule has 1 aliphatic heterocycles. The van der Waals surface area contributed by atoms with E-state index in [0.717, 1.165) is 19.8 Å². The third-order valence-corrected chi connectivity index (χ3v) is 2.09. The highest BCUT2D eigenvalue weighted by Gasteiger charge is 2.15. The average molecular weight is 157 g/mol. The van der Waals surface area contributed by atoms with E-state index in [1.165, 1.54) is 19.5 Å². The second-order valence-electron chi connectivity index (χ2n) is 2.93. The first kappa shape index (κ1) is 8.97. The van der Waals surface area contributed by atoms with Crippen molar-refractivity contribution in [2.24, 2.45) is 0 Å². The van der Waals surface area contributed by atoms with Crippen molar-refractivity contribution in [2.45, 2.75) is 20.3 Å². The van der Waals surface area contributed by atoms with Crippen molar-refractivity contribution in [3.05, 3.63) is 0 Å². The predicted octanol–water partition coefficient (Wildman–Crippen LogP) is 0.496. The lowest BCUT2D eigenvalue weighted by Gasteiger charge is -2.29. The maximum absolute atomic E-state index is 3.33. The molecule has 1 aliphatic rings. The molecule has 0 amide bonds. The van der Waals surface area contributed by atoms with Crippen molar-refractivity contribution in [1.29, 1.82) is 0 Å². The minimum atomic E-state index is 1.04. The Hall–Kier alpha value is -0.120. The summed E-state index contributed by atoms with van der Waals surface area (Å²) in [4.78, 5) is 0. The minimum Gasteiger partial charge on any atom is -0.302 e. The second-order valence-corrected chi connectivity index (χ2v) is 2.93. The van der Waals surface area contributed by atoms with Crippen LogP contribution in [0.3, 0.4) is 0 Å². The molecular formula is C8H19N3. The summed E-state index contributed by atoms with van der Waals surface area (Å²) < 4.78 is 0. The number of nitrogens with one attached hydrogen (secondary N) is 1. The van der Waals surface area contributed by atoms with Gasteiger partial charge in [0, 0.05) is 26.2 Å². The maximum atomic E-state index is 3.33. The van der Waals surface area contributed by atoms with Gasteiger partial charge in [-0.05, 0) is 6.42 Å². The van der Waals surface area contributed by atoms with Crippen LogP contribution in [0.2, 0.25) is 0 Å². The van der Waals surface area contributed by atoms with Gasteiger partial charge in [-0.3, -0.25) is 0 Å². The Morgan fingerprint density at radius 1 is 1.45 bits per heavy atom. The third-order valence-electron chi connectivity index (χ3n) is 2.09. The van der Waals surface area contributed by atoms with Crippen molar-refractivity contribution in [3.63, 3.8) is 0 Å². The van der Waals surface area contributed by atoms with Gasteiger partial charge in [0.05, 0.1) is 6.67 Å². The van der Waals surface area contributed by atoms with Crippen molar-refractivity contribution in [3.8, 4) is 0 Å². The third kappa shape index (κ3) is 2.43. The summed E-state index contributed by atoms with van der Waals surface area (Å²) in [6, 6.07) is 0. The van der Waals surface area contributed by atoms with E-state index in [2.05, 4.69) is 29.2 Å². The zero-order chi connectivity index (χ0) is 8.10. The molecule has 0 atom stereocenters. The molecule has 1 saturated heterocycles. The number of hydrazine groups is 1. The van der Waals surface area contributed by atoms with Gasteiger partial charge in [0.2, 0.25) is 0 Å². The highest BCUT2D eigenvalue weighted by atomic mass is 15.7. The van der Waals surface area contributed by atoms with Crippen LogP contribution in [0.4, 0.5) is 0 Å². The SMILES string of the molecule is CCCN(CC)N1CCNC1. The molecule has 0 aromatic heterocycles. The van der Waals surface area contributed by atoms with Crippen molar-refractivity contribution in [2.75, 3.05) is 32.8 Å². The first-order valence-electron chi connectivity index (χ1n) is 4.59. The molecule has 3 nitrogen and oxygen atoms in total. The largest absolute Gasteiger partial charge is 0.302 e. The fourth-order valence-electron chi connectivity index (χ4n) is 1.49. The number of rotatable bonds is 4. The van der Waals surface area contributed by atoms with Crippen LogP contribution in [0.15, 0.2) is 0 Å². The van der Waals surface area contributed by atoms with Gasteiger partial charge in [-0.25, -0.2) is 10.0 Å². The summed E-state index contributed by atoms with van der Waals surface area (Å²) >= 11 is 0. The molecule has 66 valence electrons. The summed E-state index contributed by atoms with van der Waals surface area (Å²) in [6.07, 6.45) is 1.24. The van der Waals surface area contributed by atoms with E-state index in [4.69, 9.17) is 0 Å². The molecule has 0 unspecified atom stereocenters. The van der Waals surface area contributed by atoms with Gasteiger partial charge in [0.1, 0.15) is 0 Å². The van der Waals surface area contributed by atoms with Crippen molar-refractivity contribution in [1.82, 2.24) is 15.3 Å². The summed E-state index contributed by atoms with van der Waals surface area (Å²) in [5.74, 6) is 0. The predicted molar refractivity (Wildman–Crippen MR) is 47.1 cm³/mol. The van der Waals surface area contributed by atoms with Gasteiger partial charge >= 0.3 is 0 Å². The van der Waals surface area contributed by atoms with E-state index in [1.807, 2.05) is 0 Å². The van der Waals surface area contributed by atoms with Crippen LogP contribution in [0.5, 0.6) is 0 Å². The molecular weight excluding hydrogens is 138 g/mol. The summed E-state index contributed by atoms with van der Waals surface area (Å²) in [6.45, 7) is 10.1. The van der Waals surface area contributed by atoms with Crippen LogP contribution in [0, 0.1) is 0 Å². The molecule has 1 rings (SSSR count). The molecule has 1 heterocycles. The fraction of sp³-hybridized carbons (Fsp3) is 1.00. The Bertz CT molecular complexity index is 99.5. The lowest BCUT2D eigenvalue weighted by atomic mass is 10.4. The fourth-order valence-corrected chi connectivity index (χ4v) is 1.49. The quantitative estimate of drug-likeness (QED) is 0.641. The van der Waals surface area contributed by atoms with Crippen LogP contribution in [0.1, 0.15) is 20.3 Å². The average Bonchev–Trinajstić information content (AvgIpc) is 2.52. The van der Waals surface area contributed by atoms with Gasteiger partial charge < -0.3 is 5.32 Å². The Balaban J connectivity index is 2.27. The van der Waals surface area contributed by atoms with E-state index in [1.54, 1.807) is 0 Å². The minimum absolute atomic E-state index is 1.04. The van der Waals surface area contributed by atoms with E-state index >= 15 is 0 Å². The Morgan fingerprint density at radius 2 is 2.27 bits per heavy atom. The Labute approximate surface area is 69.3 Å². The van der Waals surface area contributed by atoms with E-state index in [0.29, 0.717) is 0 Å². The van der Waals surface area contributed by atoms with Crippen LogP contribution in [0.25, 0.3) is 0 Å². The molecule has 0 bridgehead atoms. The highest BCUT2D eigenvalue weighted by molar-refractivity contribution is 4.63. The molecule has 0 aromatic rings. The van der Waals surface area contributed by atoms with Crippen LogP contribution < -0.4 is 5.32 Å². The Kier molecular flexibility index (Phi) is 3.83. The Morgan fingerprint density at radius 3 is 2.73 bits per heavy atom. The van der Waals surface area contributed by atoms with E-state index in [-0.39, 0.29) is 0 Å². The van der Waals surface area contributed by atoms with Gasteiger partial charge in [-0.15, -0.1) is 0 Å². The maximum Gasteiger partial charge on any atom is 0.0624 e. The van der Waals surface area contributed by atoms with Gasteiger partial charge in [-0.2, -0.15) is 0 Å². The van der Waals surface area contributed by atoms with Crippen LogP contribution >= 0.6 is 0 Å². The van der Waals surface area contributed by atoms with Gasteiger partial charge in [-0.1, -0.05) is 13.8 Å². The molecule has 3 heteroatoms. The molecule has 0 aromatic carbocycles. The summed E-state index contributed by atoms with van der Waals surface area (Å²) in [5.41, 5.74) is 0. The van der Waals surface area contributed by atoms with Gasteiger partial charge in [0.15, 0.2) is 0 Å². The first-order valence-corrected chi connectivity index (χ1v) is 4.59. The number of hydrogen-bond acceptors (Lipinski definition) is 3. The normalized spacial score (nSPS) is 19.9. The van der Waals surface area contributed by atoms with Crippen LogP contribution in [-0.2, 0) is 0 Å². The lowest BCUT2D eigenvalue weighted by molar-refractivity contribution is 0.000966. The van der Waals surface area contributed by atoms with Crippen LogP contribution in [-0.4, -0.2) is 42.9 Å². The van der Waals surface area contributed by atoms with E-state index in [9.17, 15) is 0 Å².